The summed E-state index contributed by atoms with van der Waals surface area (Å²) >= 11 is 0. The second-order valence-electron chi connectivity index (χ2n) is 4.60. The molecule has 0 saturated carbocycles. The first-order valence-corrected chi connectivity index (χ1v) is 7.52. The first-order chi connectivity index (χ1) is 8.45. The number of primary sulfonamides is 1. The molecule has 1 aromatic carbocycles. The highest BCUT2D eigenvalue weighted by Gasteiger charge is 2.21. The first kappa shape index (κ1) is 13.3. The Balaban J connectivity index is 1.91. The molecule has 2 rings (SSSR count). The van der Waals surface area contributed by atoms with Crippen molar-refractivity contribution in [1.29, 1.82) is 0 Å². The van der Waals surface area contributed by atoms with E-state index in [4.69, 9.17) is 9.88 Å². The average molecular weight is 270 g/mol. The zero-order valence-electron chi connectivity index (χ0n) is 10.3. The molecule has 100 valence electrons. The van der Waals surface area contributed by atoms with Gasteiger partial charge in [-0.1, -0.05) is 0 Å². The number of hydrogen-bond acceptors (Lipinski definition) is 4. The Morgan fingerprint density at radius 1 is 1.33 bits per heavy atom. The van der Waals surface area contributed by atoms with Crippen molar-refractivity contribution >= 4 is 15.7 Å². The maximum Gasteiger partial charge on any atom is 0.238 e. The van der Waals surface area contributed by atoms with Crippen molar-refractivity contribution < 1.29 is 13.2 Å². The van der Waals surface area contributed by atoms with E-state index in [1.807, 2.05) is 0 Å². The van der Waals surface area contributed by atoms with E-state index in [9.17, 15) is 8.42 Å². The summed E-state index contributed by atoms with van der Waals surface area (Å²) < 4.78 is 27.9. The average Bonchev–Trinajstić information content (AvgIpc) is 2.72. The Hall–Kier alpha value is -1.11. The Kier molecular flexibility index (Phi) is 3.89. The summed E-state index contributed by atoms with van der Waals surface area (Å²) in [5, 5.41) is 8.25. The van der Waals surface area contributed by atoms with E-state index in [-0.39, 0.29) is 11.0 Å². The maximum absolute atomic E-state index is 11.1. The van der Waals surface area contributed by atoms with Gasteiger partial charge in [-0.2, -0.15) is 0 Å². The molecule has 0 amide bonds. The number of anilines is 1. The second-order valence-corrected chi connectivity index (χ2v) is 6.16. The molecule has 3 N–H and O–H groups in total. The lowest BCUT2D eigenvalue weighted by Crippen LogP contribution is -2.19. The van der Waals surface area contributed by atoms with Gasteiger partial charge in [0.2, 0.25) is 10.0 Å². The molecule has 1 heterocycles. The van der Waals surface area contributed by atoms with E-state index >= 15 is 0 Å². The highest BCUT2D eigenvalue weighted by molar-refractivity contribution is 7.89. The highest BCUT2D eigenvalue weighted by atomic mass is 32.2. The summed E-state index contributed by atoms with van der Waals surface area (Å²) in [6, 6.07) is 6.40. The smallest absolute Gasteiger partial charge is 0.238 e. The van der Waals surface area contributed by atoms with Crippen LogP contribution in [0.15, 0.2) is 29.2 Å². The van der Waals surface area contributed by atoms with Crippen molar-refractivity contribution in [3.63, 3.8) is 0 Å². The molecule has 0 bridgehead atoms. The number of nitrogens with two attached hydrogens (primary N) is 1. The van der Waals surface area contributed by atoms with Crippen LogP contribution in [-0.2, 0) is 14.8 Å². The van der Waals surface area contributed by atoms with Gasteiger partial charge >= 0.3 is 0 Å². The standard InChI is InChI=1S/C12H18N2O3S/c1-9-2-5-11(17-9)8-14-10-3-6-12(7-4-10)18(13,15)16/h3-4,6-7,9,11,14H,2,5,8H2,1H3,(H2,13,15,16). The van der Waals surface area contributed by atoms with E-state index < -0.39 is 10.0 Å². The molecule has 18 heavy (non-hydrogen) atoms. The molecular formula is C12H18N2O3S. The van der Waals surface area contributed by atoms with Gasteiger partial charge in [0.15, 0.2) is 0 Å². The molecule has 6 heteroatoms. The number of hydrogen-bond donors (Lipinski definition) is 2. The predicted octanol–water partition coefficient (Wildman–Crippen LogP) is 1.31. The SMILES string of the molecule is CC1CCC(CNc2ccc(S(N)(=O)=O)cc2)O1. The van der Waals surface area contributed by atoms with E-state index in [2.05, 4.69) is 12.2 Å². The van der Waals surface area contributed by atoms with Gasteiger partial charge in [-0.25, -0.2) is 13.6 Å². The monoisotopic (exact) mass is 270 g/mol. The van der Waals surface area contributed by atoms with Gasteiger partial charge in [0.1, 0.15) is 0 Å². The van der Waals surface area contributed by atoms with E-state index in [1.54, 1.807) is 12.1 Å². The van der Waals surface area contributed by atoms with Crippen LogP contribution in [0.5, 0.6) is 0 Å². The van der Waals surface area contributed by atoms with Gasteiger partial charge in [-0.3, -0.25) is 0 Å². The largest absolute Gasteiger partial charge is 0.382 e. The Bertz CT molecular complexity index is 499. The van der Waals surface area contributed by atoms with Crippen LogP contribution >= 0.6 is 0 Å². The fourth-order valence-corrected chi connectivity index (χ4v) is 2.54. The molecule has 1 aliphatic heterocycles. The van der Waals surface area contributed by atoms with Gasteiger partial charge in [-0.15, -0.1) is 0 Å². The third kappa shape index (κ3) is 3.44. The summed E-state index contributed by atoms with van der Waals surface area (Å²) in [4.78, 5) is 0.124. The normalized spacial score (nSPS) is 24.1. The molecule has 2 atom stereocenters. The summed E-state index contributed by atoms with van der Waals surface area (Å²) in [5.41, 5.74) is 0.866. The van der Waals surface area contributed by atoms with Crippen molar-refractivity contribution in [2.45, 2.75) is 36.9 Å². The molecule has 1 fully saturated rings. The molecule has 5 nitrogen and oxygen atoms in total. The minimum Gasteiger partial charge on any atom is -0.382 e. The predicted molar refractivity (Wildman–Crippen MR) is 69.9 cm³/mol. The lowest BCUT2D eigenvalue weighted by Gasteiger charge is -2.13. The summed E-state index contributed by atoms with van der Waals surface area (Å²) in [6.07, 6.45) is 2.72. The molecule has 1 aromatic rings. The fourth-order valence-electron chi connectivity index (χ4n) is 2.03. The van der Waals surface area contributed by atoms with E-state index in [0.29, 0.717) is 6.10 Å². The molecule has 1 saturated heterocycles. The second kappa shape index (κ2) is 5.26. The number of ether oxygens (including phenoxy) is 1. The molecule has 0 spiro atoms. The summed E-state index contributed by atoms with van der Waals surface area (Å²) in [6.45, 7) is 2.81. The van der Waals surface area contributed by atoms with Gasteiger partial charge < -0.3 is 10.1 Å². The Labute approximate surface area is 107 Å². The number of benzene rings is 1. The van der Waals surface area contributed by atoms with Crippen LogP contribution in [0, 0.1) is 0 Å². The summed E-state index contributed by atoms with van der Waals surface area (Å²) in [7, 11) is -3.61. The third-order valence-corrected chi connectivity index (χ3v) is 3.97. The van der Waals surface area contributed by atoms with Gasteiger partial charge in [0, 0.05) is 12.2 Å². The minimum absolute atomic E-state index is 0.124. The van der Waals surface area contributed by atoms with Crippen LogP contribution in [0.4, 0.5) is 5.69 Å². The van der Waals surface area contributed by atoms with Crippen LogP contribution in [0.1, 0.15) is 19.8 Å². The molecule has 1 aliphatic rings. The van der Waals surface area contributed by atoms with Crippen LogP contribution in [0.3, 0.4) is 0 Å². The van der Waals surface area contributed by atoms with Crippen LogP contribution in [-0.4, -0.2) is 27.2 Å². The topological polar surface area (TPSA) is 81.4 Å². The van der Waals surface area contributed by atoms with Crippen molar-refractivity contribution in [3.05, 3.63) is 24.3 Å². The Morgan fingerprint density at radius 2 is 2.00 bits per heavy atom. The lowest BCUT2D eigenvalue weighted by atomic mass is 10.2. The number of nitrogens with one attached hydrogen (secondary N) is 1. The fraction of sp³-hybridized carbons (Fsp3) is 0.500. The number of sulfonamides is 1. The first-order valence-electron chi connectivity index (χ1n) is 5.97. The minimum atomic E-state index is -3.61. The van der Waals surface area contributed by atoms with Crippen molar-refractivity contribution in [2.75, 3.05) is 11.9 Å². The van der Waals surface area contributed by atoms with Crippen molar-refractivity contribution in [2.24, 2.45) is 5.14 Å². The zero-order valence-corrected chi connectivity index (χ0v) is 11.1. The third-order valence-electron chi connectivity index (χ3n) is 3.04. The van der Waals surface area contributed by atoms with Gasteiger partial charge in [0.25, 0.3) is 0 Å². The van der Waals surface area contributed by atoms with Crippen LogP contribution < -0.4 is 10.5 Å². The molecule has 0 aliphatic carbocycles. The zero-order chi connectivity index (χ0) is 13.2. The molecule has 2 unspecified atom stereocenters. The quantitative estimate of drug-likeness (QED) is 0.864. The molecular weight excluding hydrogens is 252 g/mol. The van der Waals surface area contributed by atoms with Gasteiger partial charge in [-0.05, 0) is 44.0 Å². The number of rotatable bonds is 4. The van der Waals surface area contributed by atoms with Crippen molar-refractivity contribution in [3.8, 4) is 0 Å². The maximum atomic E-state index is 11.1. The van der Waals surface area contributed by atoms with Gasteiger partial charge in [0.05, 0.1) is 17.1 Å². The van der Waals surface area contributed by atoms with Crippen molar-refractivity contribution in [1.82, 2.24) is 0 Å². The van der Waals surface area contributed by atoms with Crippen LogP contribution in [0.25, 0.3) is 0 Å². The van der Waals surface area contributed by atoms with E-state index in [1.165, 1.54) is 12.1 Å². The Morgan fingerprint density at radius 3 is 2.50 bits per heavy atom. The van der Waals surface area contributed by atoms with Crippen LogP contribution in [0.2, 0.25) is 0 Å². The highest BCUT2D eigenvalue weighted by Crippen LogP contribution is 2.20. The van der Waals surface area contributed by atoms with E-state index in [0.717, 1.165) is 25.1 Å². The summed E-state index contributed by atoms with van der Waals surface area (Å²) in [5.74, 6) is 0. The molecule has 0 radical (unpaired) electrons. The molecule has 0 aromatic heterocycles. The lowest BCUT2D eigenvalue weighted by molar-refractivity contribution is 0.0637.